The van der Waals surface area contributed by atoms with Crippen LogP contribution in [-0.2, 0) is 6.42 Å². The zero-order chi connectivity index (χ0) is 13.3. The van der Waals surface area contributed by atoms with E-state index >= 15 is 0 Å². The van der Waals surface area contributed by atoms with E-state index in [-0.39, 0.29) is 6.04 Å². The van der Waals surface area contributed by atoms with Crippen molar-refractivity contribution in [1.82, 2.24) is 4.98 Å². The molecule has 0 amide bonds. The highest BCUT2D eigenvalue weighted by Gasteiger charge is 2.18. The van der Waals surface area contributed by atoms with Gasteiger partial charge in [-0.25, -0.2) is 4.98 Å². The molecule has 1 aromatic carbocycles. The number of hydrogen-bond acceptors (Lipinski definition) is 3. The van der Waals surface area contributed by atoms with Crippen LogP contribution in [-0.4, -0.2) is 4.98 Å². The van der Waals surface area contributed by atoms with E-state index in [9.17, 15) is 0 Å². The molecule has 1 atom stereocenters. The summed E-state index contributed by atoms with van der Waals surface area (Å²) in [5.41, 5.74) is 11.3. The van der Waals surface area contributed by atoms with Gasteiger partial charge in [0, 0.05) is 4.88 Å². The van der Waals surface area contributed by atoms with E-state index in [1.807, 2.05) is 0 Å². The van der Waals surface area contributed by atoms with Crippen molar-refractivity contribution < 1.29 is 0 Å². The van der Waals surface area contributed by atoms with Crippen LogP contribution < -0.4 is 5.73 Å². The third-order valence-corrected chi connectivity index (χ3v) is 4.46. The van der Waals surface area contributed by atoms with Crippen molar-refractivity contribution in [2.45, 2.75) is 40.2 Å². The van der Waals surface area contributed by atoms with Crippen LogP contribution in [0.5, 0.6) is 0 Å². The van der Waals surface area contributed by atoms with Crippen molar-refractivity contribution in [1.29, 1.82) is 0 Å². The summed E-state index contributed by atoms with van der Waals surface area (Å²) in [6, 6.07) is 6.20. The van der Waals surface area contributed by atoms with E-state index in [4.69, 9.17) is 5.73 Å². The summed E-state index contributed by atoms with van der Waals surface area (Å²) in [6.45, 7) is 8.49. The van der Waals surface area contributed by atoms with Gasteiger partial charge in [-0.05, 0) is 43.9 Å². The van der Waals surface area contributed by atoms with Gasteiger partial charge in [-0.2, -0.15) is 0 Å². The minimum atomic E-state index is -0.102. The molecular formula is C15H20N2S. The first-order valence-electron chi connectivity index (χ1n) is 6.32. The quantitative estimate of drug-likeness (QED) is 0.914. The summed E-state index contributed by atoms with van der Waals surface area (Å²) in [5, 5.41) is 1.03. The Labute approximate surface area is 113 Å². The Kier molecular flexibility index (Phi) is 3.83. The molecule has 2 rings (SSSR count). The molecule has 96 valence electrons. The summed E-state index contributed by atoms with van der Waals surface area (Å²) in [4.78, 5) is 5.97. The fourth-order valence-corrected chi connectivity index (χ4v) is 3.37. The zero-order valence-electron chi connectivity index (χ0n) is 11.4. The van der Waals surface area contributed by atoms with E-state index < -0.39 is 0 Å². The summed E-state index contributed by atoms with van der Waals surface area (Å²) in [5.74, 6) is 0. The number of thiazole rings is 1. The van der Waals surface area contributed by atoms with Crippen molar-refractivity contribution in [3.8, 4) is 0 Å². The topological polar surface area (TPSA) is 38.9 Å². The fraction of sp³-hybridized carbons (Fsp3) is 0.400. The van der Waals surface area contributed by atoms with E-state index in [1.165, 1.54) is 27.3 Å². The molecular weight excluding hydrogens is 240 g/mol. The average Bonchev–Trinajstić information content (AvgIpc) is 2.70. The van der Waals surface area contributed by atoms with Crippen molar-refractivity contribution in [3.63, 3.8) is 0 Å². The van der Waals surface area contributed by atoms with Gasteiger partial charge in [0.25, 0.3) is 0 Å². The molecule has 0 bridgehead atoms. The van der Waals surface area contributed by atoms with Crippen LogP contribution in [0, 0.1) is 20.8 Å². The maximum Gasteiger partial charge on any atom is 0.114 e. The van der Waals surface area contributed by atoms with E-state index in [0.29, 0.717) is 0 Å². The summed E-state index contributed by atoms with van der Waals surface area (Å²) >= 11 is 1.72. The summed E-state index contributed by atoms with van der Waals surface area (Å²) < 4.78 is 0. The smallest absolute Gasteiger partial charge is 0.114 e. The van der Waals surface area contributed by atoms with Crippen molar-refractivity contribution in [2.24, 2.45) is 5.73 Å². The number of nitrogens with zero attached hydrogens (tertiary/aromatic N) is 1. The van der Waals surface area contributed by atoms with E-state index in [0.717, 1.165) is 11.4 Å². The van der Waals surface area contributed by atoms with E-state index in [2.05, 4.69) is 50.9 Å². The predicted octanol–water partition coefficient (Wildman–Crippen LogP) is 3.68. The van der Waals surface area contributed by atoms with Gasteiger partial charge >= 0.3 is 0 Å². The Bertz CT molecular complexity index is 537. The largest absolute Gasteiger partial charge is 0.318 e. The first-order valence-corrected chi connectivity index (χ1v) is 7.14. The number of aryl methyl sites for hydroxylation is 4. The fourth-order valence-electron chi connectivity index (χ4n) is 2.35. The van der Waals surface area contributed by atoms with Crippen LogP contribution in [0.25, 0.3) is 0 Å². The van der Waals surface area contributed by atoms with Gasteiger partial charge in [0.05, 0.1) is 11.7 Å². The third kappa shape index (κ3) is 2.33. The summed E-state index contributed by atoms with van der Waals surface area (Å²) in [6.07, 6.45) is 0.974. The lowest BCUT2D eigenvalue weighted by Crippen LogP contribution is -2.14. The van der Waals surface area contributed by atoms with Crippen molar-refractivity contribution in [3.05, 3.63) is 50.5 Å². The number of nitrogens with two attached hydrogens (primary N) is 1. The molecule has 0 saturated heterocycles. The molecule has 0 aliphatic rings. The molecule has 0 fully saturated rings. The molecule has 3 heteroatoms. The number of hydrogen-bond donors (Lipinski definition) is 1. The van der Waals surface area contributed by atoms with Gasteiger partial charge in [-0.15, -0.1) is 11.3 Å². The maximum atomic E-state index is 6.40. The zero-order valence-corrected chi connectivity index (χ0v) is 12.3. The lowest BCUT2D eigenvalue weighted by Gasteiger charge is -2.15. The molecule has 2 aromatic rings. The first-order chi connectivity index (χ1) is 8.54. The summed E-state index contributed by atoms with van der Waals surface area (Å²) in [7, 11) is 0. The highest BCUT2D eigenvalue weighted by Crippen LogP contribution is 2.30. The molecule has 0 radical (unpaired) electrons. The Morgan fingerprint density at radius 2 is 1.83 bits per heavy atom. The highest BCUT2D eigenvalue weighted by molar-refractivity contribution is 7.11. The molecule has 0 aliphatic heterocycles. The monoisotopic (exact) mass is 260 g/mol. The Hall–Kier alpha value is -1.19. The van der Waals surface area contributed by atoms with Gasteiger partial charge in [0.2, 0.25) is 0 Å². The maximum absolute atomic E-state index is 6.40. The molecule has 0 aliphatic carbocycles. The van der Waals surface area contributed by atoms with Crippen LogP contribution in [0.3, 0.4) is 0 Å². The highest BCUT2D eigenvalue weighted by atomic mass is 32.1. The molecule has 18 heavy (non-hydrogen) atoms. The molecule has 0 spiro atoms. The second kappa shape index (κ2) is 5.21. The lowest BCUT2D eigenvalue weighted by molar-refractivity contribution is 0.828. The standard InChI is InChI=1S/C15H20N2S/c1-5-12-11(4)18-15(17-12)14(16)13-9(2)7-6-8-10(13)3/h6-8,14H,5,16H2,1-4H3. The minimum absolute atomic E-state index is 0.102. The molecule has 0 saturated carbocycles. The van der Waals surface area contributed by atoms with Gasteiger partial charge in [-0.3, -0.25) is 0 Å². The van der Waals surface area contributed by atoms with Crippen molar-refractivity contribution >= 4 is 11.3 Å². The molecule has 2 N–H and O–H groups in total. The average molecular weight is 260 g/mol. The first kappa shape index (κ1) is 13.2. The van der Waals surface area contributed by atoms with Gasteiger partial charge in [0.15, 0.2) is 0 Å². The van der Waals surface area contributed by atoms with Crippen molar-refractivity contribution in [2.75, 3.05) is 0 Å². The predicted molar refractivity (Wildman–Crippen MR) is 78.2 cm³/mol. The molecule has 1 heterocycles. The SMILES string of the molecule is CCc1nc(C(N)c2c(C)cccc2C)sc1C. The van der Waals surface area contributed by atoms with Gasteiger partial charge in [0.1, 0.15) is 5.01 Å². The number of aromatic nitrogens is 1. The number of rotatable bonds is 3. The van der Waals surface area contributed by atoms with Crippen LogP contribution in [0.2, 0.25) is 0 Å². The second-order valence-electron chi connectivity index (χ2n) is 4.69. The molecule has 1 aromatic heterocycles. The van der Waals surface area contributed by atoms with Crippen LogP contribution >= 0.6 is 11.3 Å². The number of benzene rings is 1. The van der Waals surface area contributed by atoms with Crippen LogP contribution in [0.4, 0.5) is 0 Å². The normalized spacial score (nSPS) is 12.7. The third-order valence-electron chi connectivity index (χ3n) is 3.36. The Balaban J connectivity index is 2.44. The Morgan fingerprint density at radius 3 is 2.33 bits per heavy atom. The lowest BCUT2D eigenvalue weighted by atomic mass is 9.97. The van der Waals surface area contributed by atoms with Crippen LogP contribution in [0.1, 0.15) is 45.2 Å². The van der Waals surface area contributed by atoms with Crippen LogP contribution in [0.15, 0.2) is 18.2 Å². The molecule has 2 nitrogen and oxygen atoms in total. The van der Waals surface area contributed by atoms with Gasteiger partial charge in [-0.1, -0.05) is 25.1 Å². The minimum Gasteiger partial charge on any atom is -0.318 e. The second-order valence-corrected chi connectivity index (χ2v) is 5.93. The van der Waals surface area contributed by atoms with Gasteiger partial charge < -0.3 is 5.73 Å². The molecule has 1 unspecified atom stereocenters. The van der Waals surface area contributed by atoms with E-state index in [1.54, 1.807) is 11.3 Å². The Morgan fingerprint density at radius 1 is 1.22 bits per heavy atom.